The SMILES string of the molecule is Cc1ccc(N(CC(=O)Nc2ccc3c(c2)OCCCO3)S(=O)(=O)c2cccnc2)cc1. The Bertz CT molecular complexity index is 1200. The summed E-state index contributed by atoms with van der Waals surface area (Å²) in [6.07, 6.45) is 3.53. The predicted molar refractivity (Wildman–Crippen MR) is 121 cm³/mol. The van der Waals surface area contributed by atoms with Crippen LogP contribution in [0.15, 0.2) is 71.9 Å². The van der Waals surface area contributed by atoms with Crippen LogP contribution in [-0.2, 0) is 14.8 Å². The highest BCUT2D eigenvalue weighted by molar-refractivity contribution is 7.92. The number of nitrogens with one attached hydrogen (secondary N) is 1. The summed E-state index contributed by atoms with van der Waals surface area (Å²) >= 11 is 0. The molecule has 3 aromatic rings. The molecule has 2 aromatic carbocycles. The van der Waals surface area contributed by atoms with Crippen LogP contribution in [0, 0.1) is 6.92 Å². The summed E-state index contributed by atoms with van der Waals surface area (Å²) in [6, 6.07) is 15.0. The number of rotatable bonds is 6. The van der Waals surface area contributed by atoms with Crippen molar-refractivity contribution in [1.29, 1.82) is 0 Å². The summed E-state index contributed by atoms with van der Waals surface area (Å²) in [5.41, 5.74) is 1.85. The summed E-state index contributed by atoms with van der Waals surface area (Å²) in [6.45, 7) is 2.58. The molecule has 4 rings (SSSR count). The van der Waals surface area contributed by atoms with Crippen molar-refractivity contribution in [2.24, 2.45) is 0 Å². The predicted octanol–water partition coefficient (Wildman–Crippen LogP) is 3.39. The number of benzene rings is 2. The van der Waals surface area contributed by atoms with Crippen LogP contribution in [0.3, 0.4) is 0 Å². The summed E-state index contributed by atoms with van der Waals surface area (Å²) in [5, 5.41) is 2.75. The fraction of sp³-hybridized carbons (Fsp3) is 0.217. The normalized spacial score (nSPS) is 13.2. The number of fused-ring (bicyclic) bond motifs is 1. The molecule has 8 nitrogen and oxygen atoms in total. The highest BCUT2D eigenvalue weighted by atomic mass is 32.2. The average Bonchev–Trinajstić information content (AvgIpc) is 3.04. The van der Waals surface area contributed by atoms with Gasteiger partial charge in [0.1, 0.15) is 11.4 Å². The number of hydrogen-bond acceptors (Lipinski definition) is 6. The van der Waals surface area contributed by atoms with Crippen molar-refractivity contribution in [1.82, 2.24) is 4.98 Å². The maximum Gasteiger partial charge on any atom is 0.266 e. The number of nitrogens with zero attached hydrogens (tertiary/aromatic N) is 2. The zero-order chi connectivity index (χ0) is 22.6. The molecular weight excluding hydrogens is 430 g/mol. The number of sulfonamides is 1. The minimum absolute atomic E-state index is 0.00366. The fourth-order valence-corrected chi connectivity index (χ4v) is 4.61. The Morgan fingerprint density at radius 1 is 1.06 bits per heavy atom. The zero-order valence-corrected chi connectivity index (χ0v) is 18.3. The van der Waals surface area contributed by atoms with E-state index in [-0.39, 0.29) is 4.90 Å². The Labute approximate surface area is 186 Å². The number of ether oxygens (including phenoxy) is 2. The molecule has 0 atom stereocenters. The number of carbonyl (C=O) groups is 1. The topological polar surface area (TPSA) is 97.8 Å². The van der Waals surface area contributed by atoms with Gasteiger partial charge in [-0.05, 0) is 43.3 Å². The minimum Gasteiger partial charge on any atom is -0.490 e. The first-order valence-corrected chi connectivity index (χ1v) is 11.6. The third-order valence-corrected chi connectivity index (χ3v) is 6.62. The van der Waals surface area contributed by atoms with Crippen molar-refractivity contribution in [2.75, 3.05) is 29.4 Å². The third-order valence-electron chi connectivity index (χ3n) is 4.86. The molecule has 0 fully saturated rings. The van der Waals surface area contributed by atoms with Gasteiger partial charge in [0.15, 0.2) is 11.5 Å². The molecule has 1 aliphatic rings. The molecule has 0 saturated carbocycles. The lowest BCUT2D eigenvalue weighted by atomic mass is 10.2. The summed E-state index contributed by atoms with van der Waals surface area (Å²) in [5.74, 6) is 0.659. The van der Waals surface area contributed by atoms with Gasteiger partial charge >= 0.3 is 0 Å². The smallest absolute Gasteiger partial charge is 0.266 e. The van der Waals surface area contributed by atoms with Gasteiger partial charge in [0.2, 0.25) is 5.91 Å². The molecule has 1 aromatic heterocycles. The Morgan fingerprint density at radius 2 is 1.81 bits per heavy atom. The maximum absolute atomic E-state index is 13.3. The van der Waals surface area contributed by atoms with E-state index in [0.29, 0.717) is 36.1 Å². The van der Waals surface area contributed by atoms with Gasteiger partial charge < -0.3 is 14.8 Å². The first-order valence-electron chi connectivity index (χ1n) is 10.1. The Morgan fingerprint density at radius 3 is 2.53 bits per heavy atom. The first-order chi connectivity index (χ1) is 15.4. The Hall–Kier alpha value is -3.59. The van der Waals surface area contributed by atoms with Gasteiger partial charge in [0.05, 0.1) is 18.9 Å². The summed E-state index contributed by atoms with van der Waals surface area (Å²) in [4.78, 5) is 16.8. The number of anilines is 2. The average molecular weight is 454 g/mol. The van der Waals surface area contributed by atoms with E-state index in [2.05, 4.69) is 10.3 Å². The number of aryl methyl sites for hydroxylation is 1. The van der Waals surface area contributed by atoms with E-state index in [0.717, 1.165) is 16.3 Å². The van der Waals surface area contributed by atoms with Crippen molar-refractivity contribution < 1.29 is 22.7 Å². The van der Waals surface area contributed by atoms with Crippen molar-refractivity contribution >= 4 is 27.3 Å². The molecule has 2 heterocycles. The molecule has 0 aliphatic carbocycles. The molecular formula is C23H23N3O5S. The first kappa shape index (κ1) is 21.6. The van der Waals surface area contributed by atoms with Crippen molar-refractivity contribution in [2.45, 2.75) is 18.2 Å². The van der Waals surface area contributed by atoms with E-state index in [4.69, 9.17) is 9.47 Å². The van der Waals surface area contributed by atoms with E-state index in [1.807, 2.05) is 6.92 Å². The molecule has 0 bridgehead atoms. The minimum atomic E-state index is -4.01. The third kappa shape index (κ3) is 4.83. The van der Waals surface area contributed by atoms with Gasteiger partial charge in [-0.2, -0.15) is 0 Å². The van der Waals surface area contributed by atoms with E-state index < -0.39 is 22.5 Å². The van der Waals surface area contributed by atoms with Crippen molar-refractivity contribution in [3.63, 3.8) is 0 Å². The molecule has 1 aliphatic heterocycles. The fourth-order valence-electron chi connectivity index (χ4n) is 3.22. The van der Waals surface area contributed by atoms with Crippen LogP contribution >= 0.6 is 0 Å². The zero-order valence-electron chi connectivity index (χ0n) is 17.5. The Kier molecular flexibility index (Phi) is 6.27. The van der Waals surface area contributed by atoms with Crippen LogP contribution in [0.5, 0.6) is 11.5 Å². The van der Waals surface area contributed by atoms with Gasteiger partial charge in [0.25, 0.3) is 10.0 Å². The number of pyridine rings is 1. The second-order valence-corrected chi connectivity index (χ2v) is 9.16. The maximum atomic E-state index is 13.3. The van der Waals surface area contributed by atoms with Gasteiger partial charge in [-0.25, -0.2) is 8.42 Å². The van der Waals surface area contributed by atoms with Crippen molar-refractivity contribution in [3.8, 4) is 11.5 Å². The molecule has 1 N–H and O–H groups in total. The number of aromatic nitrogens is 1. The van der Waals surface area contributed by atoms with Gasteiger partial charge in [-0.3, -0.25) is 14.1 Å². The van der Waals surface area contributed by atoms with Gasteiger partial charge in [-0.1, -0.05) is 17.7 Å². The van der Waals surface area contributed by atoms with Crippen LogP contribution < -0.4 is 19.1 Å². The molecule has 0 spiro atoms. The van der Waals surface area contributed by atoms with Crippen molar-refractivity contribution in [3.05, 3.63) is 72.6 Å². The van der Waals surface area contributed by atoms with Gasteiger partial charge in [-0.15, -0.1) is 0 Å². The van der Waals surface area contributed by atoms with Crippen LogP contribution in [0.1, 0.15) is 12.0 Å². The largest absolute Gasteiger partial charge is 0.490 e. The Balaban J connectivity index is 1.59. The molecule has 32 heavy (non-hydrogen) atoms. The second kappa shape index (κ2) is 9.27. The van der Waals surface area contributed by atoms with E-state index in [1.165, 1.54) is 24.5 Å². The standard InChI is InChI=1S/C23H23N3O5S/c1-17-5-8-19(9-6-17)26(32(28,29)20-4-2-11-24-15-20)16-23(27)25-18-7-10-21-22(14-18)31-13-3-12-30-21/h2,4-11,14-15H,3,12-13,16H2,1H3,(H,25,27). The molecule has 9 heteroatoms. The van der Waals surface area contributed by atoms with Crippen LogP contribution in [0.2, 0.25) is 0 Å². The second-order valence-electron chi connectivity index (χ2n) is 7.30. The highest BCUT2D eigenvalue weighted by Gasteiger charge is 2.27. The molecule has 0 saturated heterocycles. The van der Waals surface area contributed by atoms with E-state index in [1.54, 1.807) is 42.5 Å². The number of amides is 1. The lowest BCUT2D eigenvalue weighted by Crippen LogP contribution is -2.38. The lowest BCUT2D eigenvalue weighted by molar-refractivity contribution is -0.114. The number of carbonyl (C=O) groups excluding carboxylic acids is 1. The van der Waals surface area contributed by atoms with Gasteiger partial charge in [0, 0.05) is 30.6 Å². The summed E-state index contributed by atoms with van der Waals surface area (Å²) in [7, 11) is -4.01. The molecule has 0 radical (unpaired) electrons. The van der Waals surface area contributed by atoms with E-state index >= 15 is 0 Å². The quantitative estimate of drug-likeness (QED) is 0.615. The molecule has 166 valence electrons. The van der Waals surface area contributed by atoms with E-state index in [9.17, 15) is 13.2 Å². The lowest BCUT2D eigenvalue weighted by Gasteiger charge is -2.24. The van der Waals surface area contributed by atoms with Crippen LogP contribution in [-0.4, -0.2) is 39.1 Å². The molecule has 0 unspecified atom stereocenters. The van der Waals surface area contributed by atoms with Crippen LogP contribution in [0.25, 0.3) is 0 Å². The summed E-state index contributed by atoms with van der Waals surface area (Å²) < 4.78 is 38.9. The highest BCUT2D eigenvalue weighted by Crippen LogP contribution is 2.32. The number of hydrogen-bond donors (Lipinski definition) is 1. The van der Waals surface area contributed by atoms with Crippen LogP contribution in [0.4, 0.5) is 11.4 Å². The monoisotopic (exact) mass is 453 g/mol. The molecule has 1 amide bonds.